The monoisotopic (exact) mass is 327 g/mol. The van der Waals surface area contributed by atoms with Crippen molar-refractivity contribution in [3.8, 4) is 11.6 Å². The predicted octanol–water partition coefficient (Wildman–Crippen LogP) is 3.20. The van der Waals surface area contributed by atoms with Gasteiger partial charge in [0.1, 0.15) is 5.84 Å². The van der Waals surface area contributed by atoms with Crippen LogP contribution < -0.4 is 10.5 Å². The first-order valence-corrected chi connectivity index (χ1v) is 5.89. The second kappa shape index (κ2) is 5.31. The zero-order valence-electron chi connectivity index (χ0n) is 9.45. The van der Waals surface area contributed by atoms with E-state index in [2.05, 4.69) is 20.9 Å². The molecular weight excluding hydrogens is 320 g/mol. The number of halogens is 3. The van der Waals surface area contributed by atoms with Gasteiger partial charge in [-0.3, -0.25) is 5.41 Å². The maximum atomic E-state index is 13.5. The molecule has 2 rings (SSSR count). The lowest BCUT2D eigenvalue weighted by atomic mass is 10.2. The van der Waals surface area contributed by atoms with Gasteiger partial charge in [0.2, 0.25) is 11.7 Å². The molecule has 98 valence electrons. The van der Waals surface area contributed by atoms with Crippen molar-refractivity contribution in [3.63, 3.8) is 0 Å². The van der Waals surface area contributed by atoms with Gasteiger partial charge in [-0.25, -0.2) is 9.37 Å². The van der Waals surface area contributed by atoms with Gasteiger partial charge in [0.15, 0.2) is 11.6 Å². The first-order chi connectivity index (χ1) is 8.97. The fourth-order valence-electron chi connectivity index (χ4n) is 1.32. The maximum Gasteiger partial charge on any atom is 0.219 e. The van der Waals surface area contributed by atoms with Gasteiger partial charge in [0.25, 0.3) is 0 Å². The number of benzene rings is 1. The first kappa shape index (κ1) is 13.4. The zero-order chi connectivity index (χ0) is 14.0. The summed E-state index contributed by atoms with van der Waals surface area (Å²) in [6, 6.07) is 5.19. The molecule has 19 heavy (non-hydrogen) atoms. The Morgan fingerprint density at radius 2 is 2.05 bits per heavy atom. The van der Waals surface area contributed by atoms with Crippen LogP contribution in [0.3, 0.4) is 0 Å². The van der Waals surface area contributed by atoms with Gasteiger partial charge in [-0.1, -0.05) is 15.9 Å². The molecule has 7 heteroatoms. The van der Waals surface area contributed by atoms with Crippen LogP contribution in [0.15, 0.2) is 34.9 Å². The van der Waals surface area contributed by atoms with E-state index >= 15 is 0 Å². The average molecular weight is 328 g/mol. The number of amidine groups is 1. The highest BCUT2D eigenvalue weighted by Gasteiger charge is 2.12. The van der Waals surface area contributed by atoms with Crippen molar-refractivity contribution < 1.29 is 13.5 Å². The summed E-state index contributed by atoms with van der Waals surface area (Å²) in [7, 11) is 0. The van der Waals surface area contributed by atoms with Crippen LogP contribution in [-0.4, -0.2) is 10.8 Å². The maximum absolute atomic E-state index is 13.5. The highest BCUT2D eigenvalue weighted by molar-refractivity contribution is 9.10. The number of nitrogens with two attached hydrogens (primary N) is 1. The fraction of sp³-hybridized carbons (Fsp3) is 0. The number of nitrogen functional groups attached to an aromatic ring is 1. The molecule has 0 fully saturated rings. The number of hydrogen-bond donors (Lipinski definition) is 2. The predicted molar refractivity (Wildman–Crippen MR) is 69.4 cm³/mol. The summed E-state index contributed by atoms with van der Waals surface area (Å²) in [4.78, 5) is 3.85. The molecule has 0 atom stereocenters. The van der Waals surface area contributed by atoms with E-state index in [-0.39, 0.29) is 17.5 Å². The molecule has 0 saturated carbocycles. The topological polar surface area (TPSA) is 72.0 Å². The molecule has 1 aromatic carbocycles. The molecule has 0 bridgehead atoms. The Hall–Kier alpha value is -2.02. The third-order valence-electron chi connectivity index (χ3n) is 2.22. The van der Waals surface area contributed by atoms with Crippen molar-refractivity contribution in [1.29, 1.82) is 5.41 Å². The van der Waals surface area contributed by atoms with Crippen molar-refractivity contribution in [1.82, 2.24) is 4.98 Å². The molecule has 0 unspecified atom stereocenters. The van der Waals surface area contributed by atoms with Gasteiger partial charge in [0, 0.05) is 22.3 Å². The SMILES string of the molecule is N=C(N)c1ccc(Oc2cc(Br)cc(F)c2F)nc1. The highest BCUT2D eigenvalue weighted by atomic mass is 79.9. The highest BCUT2D eigenvalue weighted by Crippen LogP contribution is 2.28. The first-order valence-electron chi connectivity index (χ1n) is 5.10. The number of rotatable bonds is 3. The van der Waals surface area contributed by atoms with Crippen LogP contribution in [0.5, 0.6) is 11.6 Å². The summed E-state index contributed by atoms with van der Waals surface area (Å²) in [5.74, 6) is -2.47. The van der Waals surface area contributed by atoms with E-state index in [9.17, 15) is 8.78 Å². The summed E-state index contributed by atoms with van der Waals surface area (Å²) in [6.45, 7) is 0. The Kier molecular flexibility index (Phi) is 3.75. The molecule has 0 radical (unpaired) electrons. The van der Waals surface area contributed by atoms with Crippen LogP contribution >= 0.6 is 15.9 Å². The van der Waals surface area contributed by atoms with E-state index in [4.69, 9.17) is 15.9 Å². The Balaban J connectivity index is 2.28. The van der Waals surface area contributed by atoms with E-state index in [1.165, 1.54) is 24.4 Å². The summed E-state index contributed by atoms with van der Waals surface area (Å²) in [6.07, 6.45) is 1.31. The third kappa shape index (κ3) is 3.05. The minimum Gasteiger partial charge on any atom is -0.436 e. The van der Waals surface area contributed by atoms with Gasteiger partial charge in [-0.2, -0.15) is 4.39 Å². The second-order valence-corrected chi connectivity index (χ2v) is 4.52. The van der Waals surface area contributed by atoms with Crippen LogP contribution in [-0.2, 0) is 0 Å². The number of pyridine rings is 1. The fourth-order valence-corrected chi connectivity index (χ4v) is 1.73. The lowest BCUT2D eigenvalue weighted by molar-refractivity contribution is 0.405. The summed E-state index contributed by atoms with van der Waals surface area (Å²) in [5.41, 5.74) is 5.68. The van der Waals surface area contributed by atoms with Crippen LogP contribution in [0, 0.1) is 17.0 Å². The molecule has 1 heterocycles. The minimum absolute atomic E-state index is 0.0707. The van der Waals surface area contributed by atoms with Gasteiger partial charge in [0.05, 0.1) is 0 Å². The Labute approximate surface area is 115 Å². The molecule has 2 aromatic rings. The van der Waals surface area contributed by atoms with Gasteiger partial charge < -0.3 is 10.5 Å². The van der Waals surface area contributed by atoms with Gasteiger partial charge >= 0.3 is 0 Å². The summed E-state index contributed by atoms with van der Waals surface area (Å²) < 4.78 is 32.1. The zero-order valence-corrected chi connectivity index (χ0v) is 11.0. The molecule has 1 aromatic heterocycles. The molecule has 0 spiro atoms. The standard InChI is InChI=1S/C12H8BrF2N3O/c13-7-3-8(14)11(15)9(4-7)19-10-2-1-6(5-18-10)12(16)17/h1-5H,(H3,16,17). The number of nitrogens with zero attached hydrogens (tertiary/aromatic N) is 1. The van der Waals surface area contributed by atoms with Crippen LogP contribution in [0.2, 0.25) is 0 Å². The second-order valence-electron chi connectivity index (χ2n) is 3.60. The molecule has 0 aliphatic carbocycles. The lowest BCUT2D eigenvalue weighted by Crippen LogP contribution is -2.11. The van der Waals surface area contributed by atoms with E-state index in [0.717, 1.165) is 6.07 Å². The van der Waals surface area contributed by atoms with Crippen molar-refractivity contribution in [2.24, 2.45) is 5.73 Å². The lowest BCUT2D eigenvalue weighted by Gasteiger charge is -2.07. The molecule has 0 amide bonds. The van der Waals surface area contributed by atoms with Crippen LogP contribution in [0.4, 0.5) is 8.78 Å². The molecule has 0 saturated heterocycles. The number of hydrogen-bond acceptors (Lipinski definition) is 3. The Morgan fingerprint density at radius 1 is 1.32 bits per heavy atom. The molecule has 3 N–H and O–H groups in total. The average Bonchev–Trinajstić information content (AvgIpc) is 2.36. The third-order valence-corrected chi connectivity index (χ3v) is 2.68. The van der Waals surface area contributed by atoms with Crippen molar-refractivity contribution in [3.05, 3.63) is 52.1 Å². The largest absolute Gasteiger partial charge is 0.436 e. The molecule has 0 aliphatic rings. The van der Waals surface area contributed by atoms with E-state index in [1.54, 1.807) is 0 Å². The number of ether oxygens (including phenoxy) is 1. The normalized spacial score (nSPS) is 10.3. The number of nitrogens with one attached hydrogen (secondary N) is 1. The summed E-state index contributed by atoms with van der Waals surface area (Å²) >= 11 is 3.04. The molecule has 0 aliphatic heterocycles. The molecule has 4 nitrogen and oxygen atoms in total. The Morgan fingerprint density at radius 3 is 2.63 bits per heavy atom. The van der Waals surface area contributed by atoms with Crippen molar-refractivity contribution >= 4 is 21.8 Å². The van der Waals surface area contributed by atoms with Gasteiger partial charge in [-0.05, 0) is 18.2 Å². The summed E-state index contributed by atoms with van der Waals surface area (Å²) in [5, 5.41) is 7.20. The van der Waals surface area contributed by atoms with E-state index in [1.807, 2.05) is 0 Å². The number of aromatic nitrogens is 1. The van der Waals surface area contributed by atoms with Gasteiger partial charge in [-0.15, -0.1) is 0 Å². The van der Waals surface area contributed by atoms with E-state index in [0.29, 0.717) is 10.0 Å². The van der Waals surface area contributed by atoms with Crippen LogP contribution in [0.25, 0.3) is 0 Å². The smallest absolute Gasteiger partial charge is 0.219 e. The molecular formula is C12H8BrF2N3O. The van der Waals surface area contributed by atoms with Crippen molar-refractivity contribution in [2.45, 2.75) is 0 Å². The quantitative estimate of drug-likeness (QED) is 0.516. The minimum atomic E-state index is -1.10. The van der Waals surface area contributed by atoms with Crippen molar-refractivity contribution in [2.75, 3.05) is 0 Å². The van der Waals surface area contributed by atoms with E-state index < -0.39 is 11.6 Å². The Bertz CT molecular complexity index is 632. The van der Waals surface area contributed by atoms with Crippen LogP contribution in [0.1, 0.15) is 5.56 Å².